The SMILES string of the molecule is Cc1cc(C)nc(-n2nc(C)c3cc(C=O)cnc32)n1. The van der Waals surface area contributed by atoms with Gasteiger partial charge in [0.15, 0.2) is 11.9 Å². The van der Waals surface area contributed by atoms with Crippen molar-refractivity contribution in [1.82, 2.24) is 24.7 Å². The highest BCUT2D eigenvalue weighted by atomic mass is 16.1. The first-order valence-corrected chi connectivity index (χ1v) is 6.21. The van der Waals surface area contributed by atoms with Crippen LogP contribution in [0, 0.1) is 20.8 Å². The van der Waals surface area contributed by atoms with Crippen molar-refractivity contribution in [2.45, 2.75) is 20.8 Å². The van der Waals surface area contributed by atoms with Gasteiger partial charge in [0.2, 0.25) is 0 Å². The standard InChI is InChI=1S/C14H13N5O/c1-8-4-9(2)17-14(16-8)19-13-12(10(3)18-19)5-11(7-20)6-15-13/h4-7H,1-3H3. The predicted molar refractivity (Wildman–Crippen MR) is 74.1 cm³/mol. The van der Waals surface area contributed by atoms with Crippen molar-refractivity contribution >= 4 is 17.3 Å². The summed E-state index contributed by atoms with van der Waals surface area (Å²) in [5, 5.41) is 5.26. The van der Waals surface area contributed by atoms with E-state index < -0.39 is 0 Å². The lowest BCUT2D eigenvalue weighted by Crippen LogP contribution is -2.06. The monoisotopic (exact) mass is 267 g/mol. The van der Waals surface area contributed by atoms with Crippen molar-refractivity contribution in [3.8, 4) is 5.95 Å². The van der Waals surface area contributed by atoms with Gasteiger partial charge in [-0.25, -0.2) is 15.0 Å². The number of carbonyl (C=O) groups is 1. The Kier molecular flexibility index (Phi) is 2.78. The van der Waals surface area contributed by atoms with Crippen molar-refractivity contribution in [1.29, 1.82) is 0 Å². The first-order chi connectivity index (χ1) is 9.58. The molecule has 0 aliphatic rings. The highest BCUT2D eigenvalue weighted by Gasteiger charge is 2.13. The van der Waals surface area contributed by atoms with E-state index in [0.717, 1.165) is 28.8 Å². The van der Waals surface area contributed by atoms with Crippen LogP contribution in [0.5, 0.6) is 0 Å². The number of aldehydes is 1. The zero-order valence-electron chi connectivity index (χ0n) is 11.5. The maximum Gasteiger partial charge on any atom is 0.253 e. The van der Waals surface area contributed by atoms with Gasteiger partial charge in [0, 0.05) is 28.5 Å². The third-order valence-corrected chi connectivity index (χ3v) is 3.02. The molecule has 0 saturated carbocycles. The number of aryl methyl sites for hydroxylation is 3. The fourth-order valence-electron chi connectivity index (χ4n) is 2.17. The minimum atomic E-state index is 0.493. The topological polar surface area (TPSA) is 73.6 Å². The molecule has 0 amide bonds. The van der Waals surface area contributed by atoms with E-state index in [0.29, 0.717) is 17.2 Å². The Labute approximate surface area is 115 Å². The maximum absolute atomic E-state index is 10.8. The highest BCUT2D eigenvalue weighted by Crippen LogP contribution is 2.19. The van der Waals surface area contributed by atoms with Gasteiger partial charge >= 0.3 is 0 Å². The van der Waals surface area contributed by atoms with E-state index in [-0.39, 0.29) is 0 Å². The van der Waals surface area contributed by atoms with Crippen molar-refractivity contribution in [3.05, 3.63) is 41.0 Å². The van der Waals surface area contributed by atoms with E-state index in [2.05, 4.69) is 20.1 Å². The van der Waals surface area contributed by atoms with Gasteiger partial charge in [0.05, 0.1) is 5.69 Å². The van der Waals surface area contributed by atoms with Crippen molar-refractivity contribution in [2.75, 3.05) is 0 Å². The number of hydrogen-bond acceptors (Lipinski definition) is 5. The number of aromatic nitrogens is 5. The average molecular weight is 267 g/mol. The predicted octanol–water partition coefficient (Wildman–Crippen LogP) is 1.95. The van der Waals surface area contributed by atoms with Gasteiger partial charge in [0.25, 0.3) is 5.95 Å². The number of rotatable bonds is 2. The average Bonchev–Trinajstić information content (AvgIpc) is 2.74. The molecule has 0 radical (unpaired) electrons. The molecule has 0 saturated heterocycles. The van der Waals surface area contributed by atoms with Crippen LogP contribution >= 0.6 is 0 Å². The zero-order chi connectivity index (χ0) is 14.3. The molecule has 0 N–H and O–H groups in total. The molecule has 0 unspecified atom stereocenters. The van der Waals surface area contributed by atoms with Crippen LogP contribution in [0.3, 0.4) is 0 Å². The number of nitrogens with zero attached hydrogens (tertiary/aromatic N) is 5. The summed E-state index contributed by atoms with van der Waals surface area (Å²) in [6.07, 6.45) is 2.30. The summed E-state index contributed by atoms with van der Waals surface area (Å²) in [4.78, 5) is 23.9. The quantitative estimate of drug-likeness (QED) is 0.663. The van der Waals surface area contributed by atoms with Crippen LogP contribution in [0.1, 0.15) is 27.4 Å². The van der Waals surface area contributed by atoms with Crippen molar-refractivity contribution < 1.29 is 4.79 Å². The third-order valence-electron chi connectivity index (χ3n) is 3.02. The van der Waals surface area contributed by atoms with Crippen LogP contribution in [0.25, 0.3) is 17.0 Å². The Balaban J connectivity index is 2.29. The Morgan fingerprint density at radius 2 is 1.80 bits per heavy atom. The second-order valence-electron chi connectivity index (χ2n) is 4.71. The van der Waals surface area contributed by atoms with Gasteiger partial charge in [-0.15, -0.1) is 0 Å². The number of hydrogen-bond donors (Lipinski definition) is 0. The maximum atomic E-state index is 10.8. The van der Waals surface area contributed by atoms with Gasteiger partial charge in [-0.3, -0.25) is 4.79 Å². The zero-order valence-corrected chi connectivity index (χ0v) is 11.5. The Bertz CT molecular complexity index is 802. The lowest BCUT2D eigenvalue weighted by Gasteiger charge is -2.03. The van der Waals surface area contributed by atoms with Crippen LogP contribution in [0.2, 0.25) is 0 Å². The number of fused-ring (bicyclic) bond motifs is 1. The fourth-order valence-corrected chi connectivity index (χ4v) is 2.17. The molecule has 0 fully saturated rings. The van der Waals surface area contributed by atoms with Gasteiger partial charge in [-0.05, 0) is 32.9 Å². The molecule has 100 valence electrons. The number of pyridine rings is 1. The molecule has 0 aliphatic carbocycles. The van der Waals surface area contributed by atoms with Crippen LogP contribution in [-0.4, -0.2) is 31.0 Å². The minimum absolute atomic E-state index is 0.493. The van der Waals surface area contributed by atoms with E-state index in [1.54, 1.807) is 10.7 Å². The summed E-state index contributed by atoms with van der Waals surface area (Å²) >= 11 is 0. The molecule has 0 atom stereocenters. The summed E-state index contributed by atoms with van der Waals surface area (Å²) in [5.41, 5.74) is 3.72. The molecule has 3 aromatic rings. The lowest BCUT2D eigenvalue weighted by molar-refractivity contribution is 0.112. The molecule has 3 aromatic heterocycles. The van der Waals surface area contributed by atoms with Gasteiger partial charge in [-0.2, -0.15) is 9.78 Å². The van der Waals surface area contributed by atoms with E-state index in [1.807, 2.05) is 26.8 Å². The Hall–Kier alpha value is -2.63. The Morgan fingerprint density at radius 1 is 1.10 bits per heavy atom. The summed E-state index contributed by atoms with van der Waals surface area (Å²) in [7, 11) is 0. The smallest absolute Gasteiger partial charge is 0.253 e. The van der Waals surface area contributed by atoms with E-state index in [1.165, 1.54) is 6.20 Å². The normalized spacial score (nSPS) is 10.9. The molecule has 20 heavy (non-hydrogen) atoms. The van der Waals surface area contributed by atoms with E-state index in [4.69, 9.17) is 0 Å². The number of carbonyl (C=O) groups excluding carboxylic acids is 1. The molecular weight excluding hydrogens is 254 g/mol. The third kappa shape index (κ3) is 1.95. The van der Waals surface area contributed by atoms with Crippen LogP contribution in [-0.2, 0) is 0 Å². The molecule has 6 heteroatoms. The Morgan fingerprint density at radius 3 is 2.45 bits per heavy atom. The van der Waals surface area contributed by atoms with Gasteiger partial charge < -0.3 is 0 Å². The summed E-state index contributed by atoms with van der Waals surface area (Å²) in [5.74, 6) is 0.493. The first-order valence-electron chi connectivity index (χ1n) is 6.21. The van der Waals surface area contributed by atoms with E-state index in [9.17, 15) is 4.79 Å². The van der Waals surface area contributed by atoms with Crippen LogP contribution in [0.15, 0.2) is 18.3 Å². The molecular formula is C14H13N5O. The molecule has 3 rings (SSSR count). The second-order valence-corrected chi connectivity index (χ2v) is 4.71. The van der Waals surface area contributed by atoms with Gasteiger partial charge in [0.1, 0.15) is 0 Å². The van der Waals surface area contributed by atoms with Crippen molar-refractivity contribution in [2.24, 2.45) is 0 Å². The summed E-state index contributed by atoms with van der Waals surface area (Å²) in [6, 6.07) is 3.68. The van der Waals surface area contributed by atoms with Gasteiger partial charge in [-0.1, -0.05) is 0 Å². The summed E-state index contributed by atoms with van der Waals surface area (Å²) in [6.45, 7) is 5.70. The van der Waals surface area contributed by atoms with E-state index >= 15 is 0 Å². The summed E-state index contributed by atoms with van der Waals surface area (Å²) < 4.78 is 1.61. The second kappa shape index (κ2) is 4.48. The van der Waals surface area contributed by atoms with Crippen LogP contribution in [0.4, 0.5) is 0 Å². The molecule has 6 nitrogen and oxygen atoms in total. The van der Waals surface area contributed by atoms with Crippen molar-refractivity contribution in [3.63, 3.8) is 0 Å². The molecule has 3 heterocycles. The van der Waals surface area contributed by atoms with Crippen LogP contribution < -0.4 is 0 Å². The largest absolute Gasteiger partial charge is 0.298 e. The minimum Gasteiger partial charge on any atom is -0.298 e. The first kappa shape index (κ1) is 12.4. The fraction of sp³-hybridized carbons (Fsp3) is 0.214. The molecule has 0 aliphatic heterocycles. The molecule has 0 spiro atoms. The molecule has 0 aromatic carbocycles. The molecule has 0 bridgehead atoms. The highest BCUT2D eigenvalue weighted by molar-refractivity contribution is 5.86. The lowest BCUT2D eigenvalue weighted by atomic mass is 10.2.